The van der Waals surface area contributed by atoms with Crippen molar-refractivity contribution in [2.45, 2.75) is 174 Å². The summed E-state index contributed by atoms with van der Waals surface area (Å²) in [4.78, 5) is 0. The molecule has 0 heterocycles. The van der Waals surface area contributed by atoms with Crippen LogP contribution in [0.2, 0.25) is 0 Å². The molecule has 0 amide bonds. The van der Waals surface area contributed by atoms with E-state index in [1.807, 2.05) is 0 Å². The van der Waals surface area contributed by atoms with Crippen LogP contribution in [0.5, 0.6) is 0 Å². The first-order valence-electron chi connectivity index (χ1n) is 19.9. The molecule has 0 saturated heterocycles. The van der Waals surface area contributed by atoms with Gasteiger partial charge in [0.05, 0.1) is 0 Å². The second-order valence-corrected chi connectivity index (χ2v) is 15.5. The first-order valence-corrected chi connectivity index (χ1v) is 19.9. The molecule has 0 spiro atoms. The Hall–Kier alpha value is -2.08. The van der Waals surface area contributed by atoms with E-state index >= 15 is 0 Å². The summed E-state index contributed by atoms with van der Waals surface area (Å²) < 4.78 is 0. The molecular weight excluding hydrogens is 553 g/mol. The highest BCUT2D eigenvalue weighted by molar-refractivity contribution is 5.20. The molecule has 2 fully saturated rings. The molecule has 256 valence electrons. The average Bonchev–Trinajstić information content (AvgIpc) is 4.01. The molecule has 1 atom stereocenters. The predicted molar refractivity (Wildman–Crippen MR) is 206 cm³/mol. The number of hydrogen-bond acceptors (Lipinski definition) is 0. The minimum Gasteiger partial charge on any atom is -0.103 e. The zero-order chi connectivity index (χ0) is 32.6. The summed E-state index contributed by atoms with van der Waals surface area (Å²) in [7, 11) is 0. The largest absolute Gasteiger partial charge is 0.103 e. The molecule has 2 aliphatic carbocycles. The van der Waals surface area contributed by atoms with Crippen molar-refractivity contribution in [3.05, 3.63) is 97.2 Å². The van der Waals surface area contributed by atoms with E-state index in [0.29, 0.717) is 10.8 Å². The van der Waals surface area contributed by atoms with Crippen LogP contribution in [0.3, 0.4) is 0 Å². The fourth-order valence-electron chi connectivity index (χ4n) is 6.76. The summed E-state index contributed by atoms with van der Waals surface area (Å²) in [5.41, 5.74) is 3.83. The molecular formula is C46H72. The molecule has 0 nitrogen and oxygen atoms in total. The van der Waals surface area contributed by atoms with Gasteiger partial charge in [-0.1, -0.05) is 156 Å². The fraction of sp³-hybridized carbons (Fsp3) is 0.652. The van der Waals surface area contributed by atoms with Crippen LogP contribution in [0.4, 0.5) is 0 Å². The average molecular weight is 625 g/mol. The third kappa shape index (κ3) is 18.9. The van der Waals surface area contributed by atoms with Crippen LogP contribution in [0.25, 0.3) is 0 Å². The molecule has 46 heavy (non-hydrogen) atoms. The van der Waals surface area contributed by atoms with E-state index in [2.05, 4.69) is 92.9 Å². The maximum atomic E-state index is 4.32. The molecule has 1 aromatic rings. The summed E-state index contributed by atoms with van der Waals surface area (Å²) in [6.07, 6.45) is 51.9. The first kappa shape index (κ1) is 38.4. The Morgan fingerprint density at radius 3 is 1.65 bits per heavy atom. The lowest BCUT2D eigenvalue weighted by atomic mass is 9.94. The number of aryl methyl sites for hydroxylation is 1. The summed E-state index contributed by atoms with van der Waals surface area (Å²) in [6.45, 7) is 10.8. The third-order valence-corrected chi connectivity index (χ3v) is 10.8. The van der Waals surface area contributed by atoms with Crippen LogP contribution in [0, 0.1) is 16.7 Å². The van der Waals surface area contributed by atoms with E-state index < -0.39 is 0 Å². The lowest BCUT2D eigenvalue weighted by molar-refractivity contribution is 0.465. The molecule has 0 heteroatoms. The molecule has 1 aromatic carbocycles. The highest BCUT2D eigenvalue weighted by Gasteiger charge is 2.36. The van der Waals surface area contributed by atoms with Crippen molar-refractivity contribution in [2.75, 3.05) is 0 Å². The Balaban J connectivity index is 1.06. The zero-order valence-electron chi connectivity index (χ0n) is 30.3. The van der Waals surface area contributed by atoms with Gasteiger partial charge in [-0.2, -0.15) is 0 Å². The SMILES string of the molecule is C=CC(CCCCCCCC/C=C\C1(C)CC1)CCCCCCCC/C=C\C1(/C=C\CCCCC(=C)CCc2ccccc2)CC1. The topological polar surface area (TPSA) is 0 Å². The Morgan fingerprint density at radius 2 is 1.13 bits per heavy atom. The van der Waals surface area contributed by atoms with Gasteiger partial charge in [0.2, 0.25) is 0 Å². The Morgan fingerprint density at radius 1 is 0.630 bits per heavy atom. The monoisotopic (exact) mass is 625 g/mol. The summed E-state index contributed by atoms with van der Waals surface area (Å²) in [5, 5.41) is 0. The number of benzene rings is 1. The molecule has 0 aromatic heterocycles. The van der Waals surface area contributed by atoms with Gasteiger partial charge >= 0.3 is 0 Å². The van der Waals surface area contributed by atoms with Gasteiger partial charge in [-0.15, -0.1) is 6.58 Å². The number of hydrogen-bond donors (Lipinski definition) is 0. The van der Waals surface area contributed by atoms with Crippen LogP contribution in [0.1, 0.15) is 173 Å². The van der Waals surface area contributed by atoms with Crippen molar-refractivity contribution in [1.29, 1.82) is 0 Å². The van der Waals surface area contributed by atoms with E-state index in [4.69, 9.17) is 0 Å². The highest BCUT2D eigenvalue weighted by atomic mass is 14.4. The van der Waals surface area contributed by atoms with Crippen molar-refractivity contribution in [3.63, 3.8) is 0 Å². The van der Waals surface area contributed by atoms with E-state index in [9.17, 15) is 0 Å². The second-order valence-electron chi connectivity index (χ2n) is 15.5. The van der Waals surface area contributed by atoms with Gasteiger partial charge in [0.15, 0.2) is 0 Å². The minimum atomic E-state index is 0.409. The predicted octanol–water partition coefficient (Wildman–Crippen LogP) is 15.0. The Labute approximate surface area is 287 Å². The summed E-state index contributed by atoms with van der Waals surface area (Å²) in [5.74, 6) is 0.748. The van der Waals surface area contributed by atoms with E-state index in [0.717, 1.165) is 18.8 Å². The molecule has 3 rings (SSSR count). The molecule has 0 N–H and O–H groups in total. The molecule has 1 unspecified atom stereocenters. The minimum absolute atomic E-state index is 0.409. The molecule has 2 aliphatic rings. The van der Waals surface area contributed by atoms with Crippen molar-refractivity contribution in [3.8, 4) is 0 Å². The second kappa shape index (κ2) is 23.3. The van der Waals surface area contributed by atoms with Crippen molar-refractivity contribution >= 4 is 0 Å². The molecule has 0 aliphatic heterocycles. The quantitative estimate of drug-likeness (QED) is 0.0590. The van der Waals surface area contributed by atoms with Crippen LogP contribution < -0.4 is 0 Å². The summed E-state index contributed by atoms with van der Waals surface area (Å²) in [6, 6.07) is 10.8. The highest BCUT2D eigenvalue weighted by Crippen LogP contribution is 2.49. The number of unbranched alkanes of at least 4 members (excludes halogenated alkanes) is 14. The summed E-state index contributed by atoms with van der Waals surface area (Å²) >= 11 is 0. The van der Waals surface area contributed by atoms with E-state index in [1.165, 1.54) is 165 Å². The van der Waals surface area contributed by atoms with Crippen molar-refractivity contribution in [2.24, 2.45) is 16.7 Å². The van der Waals surface area contributed by atoms with Crippen molar-refractivity contribution in [1.82, 2.24) is 0 Å². The Kier molecular flexibility index (Phi) is 19.4. The third-order valence-electron chi connectivity index (χ3n) is 10.8. The number of allylic oxidation sites excluding steroid dienone is 8. The normalized spacial score (nSPS) is 17.2. The lowest BCUT2D eigenvalue weighted by Gasteiger charge is -2.12. The van der Waals surface area contributed by atoms with Gasteiger partial charge in [0.1, 0.15) is 0 Å². The Bertz CT molecular complexity index is 1010. The zero-order valence-corrected chi connectivity index (χ0v) is 30.3. The molecule has 0 bridgehead atoms. The standard InChI is InChI=1S/C46H72/c1-4-43(29-21-13-9-5-7-11-16-25-35-45(3)38-39-45)30-22-14-10-6-8-12-17-26-36-46(40-41-46)37-27-18-15-20-28-42(2)33-34-44-31-23-19-24-32-44/h4,19,23-27,31-32,35-37,43H,1-2,5-18,20-22,28-30,33-34,38-41H2,3H3/b35-25-,36-26-,37-27-. The number of rotatable bonds is 30. The molecule has 0 radical (unpaired) electrons. The van der Waals surface area contributed by atoms with Crippen LogP contribution in [-0.2, 0) is 6.42 Å². The van der Waals surface area contributed by atoms with Crippen molar-refractivity contribution < 1.29 is 0 Å². The maximum Gasteiger partial charge on any atom is 0.00618 e. The van der Waals surface area contributed by atoms with Gasteiger partial charge in [-0.25, -0.2) is 0 Å². The van der Waals surface area contributed by atoms with Crippen LogP contribution in [-0.4, -0.2) is 0 Å². The van der Waals surface area contributed by atoms with Gasteiger partial charge < -0.3 is 0 Å². The van der Waals surface area contributed by atoms with Gasteiger partial charge in [-0.3, -0.25) is 0 Å². The van der Waals surface area contributed by atoms with Gasteiger partial charge in [-0.05, 0) is 120 Å². The van der Waals surface area contributed by atoms with Crippen LogP contribution >= 0.6 is 0 Å². The van der Waals surface area contributed by atoms with Gasteiger partial charge in [0, 0.05) is 5.41 Å². The van der Waals surface area contributed by atoms with E-state index in [-0.39, 0.29) is 0 Å². The lowest BCUT2D eigenvalue weighted by Crippen LogP contribution is -1.97. The smallest absolute Gasteiger partial charge is 0.00618 e. The maximum absolute atomic E-state index is 4.32. The first-order chi connectivity index (χ1) is 22.5. The van der Waals surface area contributed by atoms with E-state index in [1.54, 1.807) is 0 Å². The molecule has 2 saturated carbocycles. The van der Waals surface area contributed by atoms with Gasteiger partial charge in [0.25, 0.3) is 0 Å². The van der Waals surface area contributed by atoms with Crippen LogP contribution in [0.15, 0.2) is 91.6 Å². The fourth-order valence-corrected chi connectivity index (χ4v) is 6.76.